The van der Waals surface area contributed by atoms with Crippen molar-refractivity contribution in [2.75, 3.05) is 18.8 Å². The number of nitrogens with zero attached hydrogens (tertiary/aromatic N) is 3. The van der Waals surface area contributed by atoms with Gasteiger partial charge in [-0.25, -0.2) is 9.97 Å². The molecule has 1 saturated heterocycles. The van der Waals surface area contributed by atoms with Crippen molar-refractivity contribution in [3.05, 3.63) is 42.7 Å². The van der Waals surface area contributed by atoms with E-state index in [4.69, 9.17) is 4.42 Å². The van der Waals surface area contributed by atoms with Crippen molar-refractivity contribution in [3.63, 3.8) is 0 Å². The maximum atomic E-state index is 12.1. The molecule has 23 heavy (non-hydrogen) atoms. The Hall–Kier alpha value is -2.34. The predicted molar refractivity (Wildman–Crippen MR) is 89.2 cm³/mol. The Bertz CT molecular complexity index is 844. The lowest BCUT2D eigenvalue weighted by Crippen LogP contribution is -2.43. The summed E-state index contributed by atoms with van der Waals surface area (Å²) < 4.78 is 5.40. The zero-order valence-corrected chi connectivity index (χ0v) is 13.3. The highest BCUT2D eigenvalue weighted by Gasteiger charge is 2.21. The highest BCUT2D eigenvalue weighted by atomic mass is 32.2. The number of likely N-dealkylation sites (tertiary alicyclic amines) is 1. The van der Waals surface area contributed by atoms with Gasteiger partial charge in [-0.2, -0.15) is 0 Å². The fourth-order valence-corrected chi connectivity index (χ4v) is 3.38. The molecule has 1 aliphatic heterocycles. The fourth-order valence-electron chi connectivity index (χ4n) is 2.46. The molecule has 3 heterocycles. The van der Waals surface area contributed by atoms with E-state index in [0.717, 1.165) is 35.4 Å². The monoisotopic (exact) mass is 325 g/mol. The van der Waals surface area contributed by atoms with Crippen LogP contribution < -0.4 is 0 Å². The van der Waals surface area contributed by atoms with Gasteiger partial charge < -0.3 is 9.32 Å². The van der Waals surface area contributed by atoms with Crippen LogP contribution in [0.15, 0.2) is 52.1 Å². The summed E-state index contributed by atoms with van der Waals surface area (Å²) in [6.07, 6.45) is 2.71. The van der Waals surface area contributed by atoms with Gasteiger partial charge in [0, 0.05) is 18.5 Å². The van der Waals surface area contributed by atoms with E-state index in [-0.39, 0.29) is 5.91 Å². The Morgan fingerprint density at radius 2 is 2.04 bits per heavy atom. The van der Waals surface area contributed by atoms with Crippen LogP contribution in [0.1, 0.15) is 6.42 Å². The number of aromatic nitrogens is 2. The first-order valence-electron chi connectivity index (χ1n) is 7.52. The van der Waals surface area contributed by atoms with Gasteiger partial charge in [0.05, 0.1) is 17.5 Å². The van der Waals surface area contributed by atoms with Crippen LogP contribution in [0.3, 0.4) is 0 Å². The summed E-state index contributed by atoms with van der Waals surface area (Å²) in [5.41, 5.74) is 0.854. The van der Waals surface area contributed by atoms with Crippen LogP contribution in [0.5, 0.6) is 0 Å². The molecule has 1 aliphatic rings. The molecular weight excluding hydrogens is 310 g/mol. The molecule has 116 valence electrons. The van der Waals surface area contributed by atoms with Crippen molar-refractivity contribution >= 4 is 28.6 Å². The van der Waals surface area contributed by atoms with Gasteiger partial charge in [-0.05, 0) is 24.6 Å². The van der Waals surface area contributed by atoms with Crippen molar-refractivity contribution in [1.82, 2.24) is 14.9 Å². The third-order valence-electron chi connectivity index (χ3n) is 3.85. The van der Waals surface area contributed by atoms with Gasteiger partial charge in [0.1, 0.15) is 5.03 Å². The van der Waals surface area contributed by atoms with E-state index in [0.29, 0.717) is 17.3 Å². The average molecular weight is 325 g/mol. The topological polar surface area (TPSA) is 59.2 Å². The molecule has 1 aromatic carbocycles. The number of benzene rings is 1. The standard InChI is InChI=1S/C17H15N3O2S/c21-15(20-8-4-9-20)11-23-17-12-5-1-2-6-13(12)18-16(19-17)14-7-3-10-22-14/h1-3,5-7,10H,4,8-9,11H2. The van der Waals surface area contributed by atoms with Crippen LogP contribution in [0.2, 0.25) is 0 Å². The number of thioether (sulfide) groups is 1. The van der Waals surface area contributed by atoms with Crippen LogP contribution in [0, 0.1) is 0 Å². The molecule has 1 amide bonds. The molecule has 0 unspecified atom stereocenters. The fraction of sp³-hybridized carbons (Fsp3) is 0.235. The normalized spacial score (nSPS) is 14.0. The Morgan fingerprint density at radius 1 is 1.17 bits per heavy atom. The number of carbonyl (C=O) groups is 1. The van der Waals surface area contributed by atoms with E-state index >= 15 is 0 Å². The number of carbonyl (C=O) groups excluding carboxylic acids is 1. The average Bonchev–Trinajstić information content (AvgIpc) is 3.05. The largest absolute Gasteiger partial charge is 0.461 e. The van der Waals surface area contributed by atoms with Gasteiger partial charge >= 0.3 is 0 Å². The van der Waals surface area contributed by atoms with Crippen molar-refractivity contribution in [1.29, 1.82) is 0 Å². The van der Waals surface area contributed by atoms with Gasteiger partial charge in [-0.3, -0.25) is 4.79 Å². The molecule has 0 aliphatic carbocycles. The Labute approximate surface area is 137 Å². The van der Waals surface area contributed by atoms with Crippen LogP contribution in [0.4, 0.5) is 0 Å². The van der Waals surface area contributed by atoms with Gasteiger partial charge in [-0.1, -0.05) is 30.0 Å². The van der Waals surface area contributed by atoms with E-state index in [1.54, 1.807) is 6.26 Å². The van der Waals surface area contributed by atoms with Crippen molar-refractivity contribution in [3.8, 4) is 11.6 Å². The molecule has 1 fully saturated rings. The Morgan fingerprint density at radius 3 is 2.78 bits per heavy atom. The number of hydrogen-bond donors (Lipinski definition) is 0. The third-order valence-corrected chi connectivity index (χ3v) is 4.83. The molecular formula is C17H15N3O2S. The first kappa shape index (κ1) is 14.3. The lowest BCUT2D eigenvalue weighted by Gasteiger charge is -2.30. The highest BCUT2D eigenvalue weighted by molar-refractivity contribution is 8.00. The van der Waals surface area contributed by atoms with Crippen LogP contribution in [0.25, 0.3) is 22.5 Å². The molecule has 3 aromatic rings. The minimum atomic E-state index is 0.170. The van der Waals surface area contributed by atoms with E-state index in [2.05, 4.69) is 9.97 Å². The van der Waals surface area contributed by atoms with Crippen molar-refractivity contribution in [2.45, 2.75) is 11.4 Å². The minimum absolute atomic E-state index is 0.170. The first-order chi connectivity index (χ1) is 11.3. The van der Waals surface area contributed by atoms with E-state index < -0.39 is 0 Å². The zero-order chi connectivity index (χ0) is 15.6. The lowest BCUT2D eigenvalue weighted by molar-refractivity contribution is -0.131. The summed E-state index contributed by atoms with van der Waals surface area (Å²) in [5, 5.41) is 1.78. The molecule has 0 N–H and O–H groups in total. The van der Waals surface area contributed by atoms with Gasteiger partial charge in [0.25, 0.3) is 0 Å². The second-order valence-corrected chi connectivity index (χ2v) is 6.33. The molecule has 5 nitrogen and oxygen atoms in total. The summed E-state index contributed by atoms with van der Waals surface area (Å²) in [7, 11) is 0. The molecule has 0 radical (unpaired) electrons. The van der Waals surface area contributed by atoms with Crippen molar-refractivity contribution < 1.29 is 9.21 Å². The second-order valence-electron chi connectivity index (χ2n) is 5.37. The lowest BCUT2D eigenvalue weighted by atomic mass is 10.2. The Kier molecular flexibility index (Phi) is 3.75. The van der Waals surface area contributed by atoms with Gasteiger partial charge in [-0.15, -0.1) is 0 Å². The first-order valence-corrected chi connectivity index (χ1v) is 8.51. The highest BCUT2D eigenvalue weighted by Crippen LogP contribution is 2.29. The number of amides is 1. The maximum Gasteiger partial charge on any atom is 0.232 e. The van der Waals surface area contributed by atoms with Crippen LogP contribution >= 0.6 is 11.8 Å². The van der Waals surface area contributed by atoms with Crippen LogP contribution in [-0.4, -0.2) is 39.6 Å². The molecule has 0 atom stereocenters. The van der Waals surface area contributed by atoms with E-state index in [1.165, 1.54) is 11.8 Å². The number of para-hydroxylation sites is 1. The second kappa shape index (κ2) is 6.04. The summed E-state index contributed by atoms with van der Waals surface area (Å²) >= 11 is 1.46. The molecule has 0 spiro atoms. The van der Waals surface area contributed by atoms with Gasteiger partial charge in [0.2, 0.25) is 5.91 Å². The summed E-state index contributed by atoms with van der Waals surface area (Å²) in [4.78, 5) is 23.1. The number of fused-ring (bicyclic) bond motifs is 1. The van der Waals surface area contributed by atoms with E-state index in [9.17, 15) is 4.79 Å². The summed E-state index contributed by atoms with van der Waals surface area (Å²) in [5.74, 6) is 1.75. The summed E-state index contributed by atoms with van der Waals surface area (Å²) in [6.45, 7) is 1.75. The molecule has 0 bridgehead atoms. The maximum absolute atomic E-state index is 12.1. The molecule has 6 heteroatoms. The number of furan rings is 1. The smallest absolute Gasteiger partial charge is 0.232 e. The Balaban J connectivity index is 1.67. The minimum Gasteiger partial charge on any atom is -0.461 e. The molecule has 0 saturated carbocycles. The van der Waals surface area contributed by atoms with Gasteiger partial charge in [0.15, 0.2) is 11.6 Å². The SMILES string of the molecule is O=C(CSc1nc(-c2ccco2)nc2ccccc12)N1CCC1. The third kappa shape index (κ3) is 2.82. The zero-order valence-electron chi connectivity index (χ0n) is 12.4. The molecule has 2 aromatic heterocycles. The predicted octanol–water partition coefficient (Wildman–Crippen LogP) is 3.21. The summed E-state index contributed by atoms with van der Waals surface area (Å²) in [6, 6.07) is 11.5. The number of rotatable bonds is 4. The van der Waals surface area contributed by atoms with Crippen LogP contribution in [-0.2, 0) is 4.79 Å². The quantitative estimate of drug-likeness (QED) is 0.544. The van der Waals surface area contributed by atoms with E-state index in [1.807, 2.05) is 41.3 Å². The number of hydrogen-bond acceptors (Lipinski definition) is 5. The molecule has 4 rings (SSSR count). The van der Waals surface area contributed by atoms with Crippen molar-refractivity contribution in [2.24, 2.45) is 0 Å².